The Labute approximate surface area is 203 Å². The maximum absolute atomic E-state index is 13.3. The summed E-state index contributed by atoms with van der Waals surface area (Å²) in [5.41, 5.74) is 0.889. The molecule has 7 nitrogen and oxygen atoms in total. The predicted octanol–water partition coefficient (Wildman–Crippen LogP) is 3.28. The summed E-state index contributed by atoms with van der Waals surface area (Å²) in [7, 11) is 0. The number of hydrogen-bond acceptors (Lipinski definition) is 4. The van der Waals surface area contributed by atoms with E-state index in [1.165, 1.54) is 9.80 Å². The molecule has 2 aliphatic rings. The van der Waals surface area contributed by atoms with E-state index in [4.69, 9.17) is 0 Å². The zero-order chi connectivity index (χ0) is 24.1. The van der Waals surface area contributed by atoms with Crippen LogP contribution in [0.2, 0.25) is 0 Å². The van der Waals surface area contributed by atoms with E-state index in [9.17, 15) is 19.2 Å². The SMILES string of the molecule is CC(C)CNC(=O)C(C)N(Cc1ccc(Br)cc1)C(=O)CCN1C(=O)[C@H]2CC=CC[C@H]2C1=O. The normalized spacial score (nSPS) is 20.7. The van der Waals surface area contributed by atoms with Crippen LogP contribution >= 0.6 is 15.9 Å². The maximum atomic E-state index is 13.3. The van der Waals surface area contributed by atoms with Crippen molar-refractivity contribution in [3.8, 4) is 0 Å². The molecule has 4 amide bonds. The summed E-state index contributed by atoms with van der Waals surface area (Å²) >= 11 is 3.41. The molecule has 1 aliphatic carbocycles. The predicted molar refractivity (Wildman–Crippen MR) is 129 cm³/mol. The Morgan fingerprint density at radius 3 is 2.18 bits per heavy atom. The molecule has 1 fully saturated rings. The summed E-state index contributed by atoms with van der Waals surface area (Å²) in [5, 5.41) is 2.89. The summed E-state index contributed by atoms with van der Waals surface area (Å²) in [6.45, 7) is 6.55. The van der Waals surface area contributed by atoms with Crippen LogP contribution in [0, 0.1) is 17.8 Å². The van der Waals surface area contributed by atoms with Gasteiger partial charge in [-0.15, -0.1) is 0 Å². The summed E-state index contributed by atoms with van der Waals surface area (Å²) < 4.78 is 0.925. The Bertz CT molecular complexity index is 902. The lowest BCUT2D eigenvalue weighted by Gasteiger charge is -2.29. The molecule has 1 aromatic rings. The van der Waals surface area contributed by atoms with Crippen molar-refractivity contribution in [3.63, 3.8) is 0 Å². The lowest BCUT2D eigenvalue weighted by molar-refractivity contribution is -0.143. The Hall–Kier alpha value is -2.48. The first kappa shape index (κ1) is 25.1. The van der Waals surface area contributed by atoms with Crippen LogP contribution < -0.4 is 5.32 Å². The standard InChI is InChI=1S/C25H32BrN3O4/c1-16(2)14-27-23(31)17(3)29(15-18-8-10-19(26)11-9-18)22(30)12-13-28-24(32)20-6-4-5-7-21(20)25(28)33/h4-5,8-11,16-17,20-21H,6-7,12-15H2,1-3H3,(H,27,31)/t17?,20-,21+. The van der Waals surface area contributed by atoms with Crippen LogP contribution in [0.3, 0.4) is 0 Å². The molecule has 0 aromatic heterocycles. The van der Waals surface area contributed by atoms with Gasteiger partial charge in [0, 0.05) is 30.5 Å². The molecule has 33 heavy (non-hydrogen) atoms. The van der Waals surface area contributed by atoms with Crippen LogP contribution in [-0.4, -0.2) is 52.6 Å². The van der Waals surface area contributed by atoms with Gasteiger partial charge in [0.1, 0.15) is 6.04 Å². The van der Waals surface area contributed by atoms with Gasteiger partial charge >= 0.3 is 0 Å². The third-order valence-electron chi connectivity index (χ3n) is 6.27. The van der Waals surface area contributed by atoms with Gasteiger partial charge in [0.25, 0.3) is 0 Å². The largest absolute Gasteiger partial charge is 0.354 e. The molecule has 3 rings (SSSR count). The van der Waals surface area contributed by atoms with Crippen molar-refractivity contribution in [2.24, 2.45) is 17.8 Å². The molecule has 1 unspecified atom stereocenters. The number of halogens is 1. The molecule has 1 aromatic carbocycles. The zero-order valence-corrected chi connectivity index (χ0v) is 21.0. The monoisotopic (exact) mass is 517 g/mol. The van der Waals surface area contributed by atoms with E-state index in [0.717, 1.165) is 10.0 Å². The van der Waals surface area contributed by atoms with Gasteiger partial charge in [-0.3, -0.25) is 24.1 Å². The van der Waals surface area contributed by atoms with Crippen molar-refractivity contribution in [2.45, 2.75) is 52.6 Å². The second-order valence-corrected chi connectivity index (χ2v) is 10.1. The number of allylic oxidation sites excluding steroid dienone is 2. The van der Waals surface area contributed by atoms with Crippen molar-refractivity contribution < 1.29 is 19.2 Å². The topological polar surface area (TPSA) is 86.8 Å². The highest BCUT2D eigenvalue weighted by Crippen LogP contribution is 2.35. The number of rotatable bonds is 9. The zero-order valence-electron chi connectivity index (χ0n) is 19.4. The van der Waals surface area contributed by atoms with Gasteiger partial charge in [0.15, 0.2) is 0 Å². The van der Waals surface area contributed by atoms with Crippen molar-refractivity contribution in [2.75, 3.05) is 13.1 Å². The molecule has 1 saturated heterocycles. The Morgan fingerprint density at radius 2 is 1.64 bits per heavy atom. The number of likely N-dealkylation sites (tertiary alicyclic amines) is 1. The fourth-order valence-electron chi connectivity index (χ4n) is 4.26. The van der Waals surface area contributed by atoms with Crippen LogP contribution in [0.15, 0.2) is 40.9 Å². The van der Waals surface area contributed by atoms with Crippen LogP contribution in [0.1, 0.15) is 45.6 Å². The lowest BCUT2D eigenvalue weighted by Crippen LogP contribution is -2.49. The number of hydrogen-bond donors (Lipinski definition) is 1. The summed E-state index contributed by atoms with van der Waals surface area (Å²) in [6.07, 6.45) is 5.02. The van der Waals surface area contributed by atoms with Crippen molar-refractivity contribution in [3.05, 3.63) is 46.5 Å². The van der Waals surface area contributed by atoms with Gasteiger partial charge in [-0.2, -0.15) is 0 Å². The maximum Gasteiger partial charge on any atom is 0.242 e. The Morgan fingerprint density at radius 1 is 1.06 bits per heavy atom. The third-order valence-corrected chi connectivity index (χ3v) is 6.79. The highest BCUT2D eigenvalue weighted by atomic mass is 79.9. The smallest absolute Gasteiger partial charge is 0.242 e. The average Bonchev–Trinajstić information content (AvgIpc) is 3.04. The minimum absolute atomic E-state index is 0.0112. The molecule has 1 N–H and O–H groups in total. The summed E-state index contributed by atoms with van der Waals surface area (Å²) in [4.78, 5) is 54.2. The molecule has 0 saturated carbocycles. The Kier molecular flexibility index (Phi) is 8.46. The molecule has 1 aliphatic heterocycles. The molecular formula is C25H32BrN3O4. The van der Waals surface area contributed by atoms with Crippen LogP contribution in [0.25, 0.3) is 0 Å². The fraction of sp³-hybridized carbons (Fsp3) is 0.520. The van der Waals surface area contributed by atoms with Gasteiger partial charge in [-0.25, -0.2) is 0 Å². The van der Waals surface area contributed by atoms with E-state index in [-0.39, 0.29) is 55.0 Å². The number of benzene rings is 1. The molecule has 1 heterocycles. The number of imide groups is 1. The second-order valence-electron chi connectivity index (χ2n) is 9.20. The first-order valence-electron chi connectivity index (χ1n) is 11.5. The number of fused-ring (bicyclic) bond motifs is 1. The van der Waals surface area contributed by atoms with E-state index in [1.54, 1.807) is 6.92 Å². The van der Waals surface area contributed by atoms with E-state index in [2.05, 4.69) is 21.2 Å². The molecular weight excluding hydrogens is 486 g/mol. The van der Waals surface area contributed by atoms with Gasteiger partial charge in [0.2, 0.25) is 23.6 Å². The number of carbonyl (C=O) groups excluding carboxylic acids is 4. The molecule has 8 heteroatoms. The Balaban J connectivity index is 1.70. The highest BCUT2D eigenvalue weighted by molar-refractivity contribution is 9.10. The second kappa shape index (κ2) is 11.1. The first-order chi connectivity index (χ1) is 15.7. The van der Waals surface area contributed by atoms with E-state index in [0.29, 0.717) is 25.3 Å². The van der Waals surface area contributed by atoms with Crippen LogP contribution in [-0.2, 0) is 25.7 Å². The van der Waals surface area contributed by atoms with Crippen molar-refractivity contribution in [1.82, 2.24) is 15.1 Å². The quantitative estimate of drug-likeness (QED) is 0.402. The highest BCUT2D eigenvalue weighted by Gasteiger charge is 2.47. The van der Waals surface area contributed by atoms with Crippen LogP contribution in [0.5, 0.6) is 0 Å². The molecule has 3 atom stereocenters. The van der Waals surface area contributed by atoms with E-state index in [1.807, 2.05) is 50.3 Å². The molecule has 0 bridgehead atoms. The lowest BCUT2D eigenvalue weighted by atomic mass is 9.85. The van der Waals surface area contributed by atoms with Gasteiger partial charge in [-0.1, -0.05) is 54.1 Å². The van der Waals surface area contributed by atoms with Crippen LogP contribution in [0.4, 0.5) is 0 Å². The third kappa shape index (κ3) is 6.10. The number of nitrogens with one attached hydrogen (secondary N) is 1. The average molecular weight is 518 g/mol. The van der Waals surface area contributed by atoms with Gasteiger partial charge < -0.3 is 10.2 Å². The summed E-state index contributed by atoms with van der Waals surface area (Å²) in [6, 6.07) is 6.89. The molecule has 0 spiro atoms. The van der Waals surface area contributed by atoms with E-state index >= 15 is 0 Å². The molecule has 178 valence electrons. The minimum Gasteiger partial charge on any atom is -0.354 e. The number of amides is 4. The van der Waals surface area contributed by atoms with Gasteiger partial charge in [0.05, 0.1) is 11.8 Å². The molecule has 0 radical (unpaired) electrons. The van der Waals surface area contributed by atoms with E-state index < -0.39 is 6.04 Å². The summed E-state index contributed by atoms with van der Waals surface area (Å²) in [5.74, 6) is -1.19. The number of nitrogens with zero attached hydrogens (tertiary/aromatic N) is 2. The van der Waals surface area contributed by atoms with Crippen molar-refractivity contribution >= 4 is 39.6 Å². The first-order valence-corrected chi connectivity index (χ1v) is 12.3. The fourth-order valence-corrected chi connectivity index (χ4v) is 4.53. The minimum atomic E-state index is -0.684. The van der Waals surface area contributed by atoms with Crippen molar-refractivity contribution in [1.29, 1.82) is 0 Å². The van der Waals surface area contributed by atoms with Gasteiger partial charge in [-0.05, 0) is 43.4 Å². The number of carbonyl (C=O) groups is 4.